The zero-order chi connectivity index (χ0) is 15.1. The Labute approximate surface area is 128 Å². The van der Waals surface area contributed by atoms with Gasteiger partial charge in [-0.2, -0.15) is 0 Å². The molecule has 2 rings (SSSR count). The second-order valence-corrected chi connectivity index (χ2v) is 6.36. The molecule has 0 saturated heterocycles. The van der Waals surface area contributed by atoms with Crippen molar-refractivity contribution in [2.45, 2.75) is 45.1 Å². The minimum atomic E-state index is -0.160. The molecule has 1 N–H and O–H groups in total. The monoisotopic (exact) mass is 292 g/mol. The summed E-state index contributed by atoms with van der Waals surface area (Å²) in [5.41, 5.74) is 1.19. The fourth-order valence-corrected chi connectivity index (χ4v) is 3.40. The summed E-state index contributed by atoms with van der Waals surface area (Å²) >= 11 is 0. The molecule has 1 aliphatic rings. The number of hydrogen-bond donors (Lipinski definition) is 1. The van der Waals surface area contributed by atoms with Gasteiger partial charge in [0.25, 0.3) is 0 Å². The van der Waals surface area contributed by atoms with Gasteiger partial charge in [-0.15, -0.1) is 0 Å². The van der Waals surface area contributed by atoms with E-state index >= 15 is 0 Å². The van der Waals surface area contributed by atoms with Gasteiger partial charge in [-0.05, 0) is 63.0 Å². The van der Waals surface area contributed by atoms with Crippen molar-refractivity contribution >= 4 is 0 Å². The Morgan fingerprint density at radius 1 is 1.24 bits per heavy atom. The molecule has 1 fully saturated rings. The lowest BCUT2D eigenvalue weighted by Crippen LogP contribution is -2.30. The van der Waals surface area contributed by atoms with E-state index in [1.807, 2.05) is 12.1 Å². The molecule has 1 unspecified atom stereocenters. The molecule has 1 aromatic carbocycles. The van der Waals surface area contributed by atoms with Gasteiger partial charge in [-0.3, -0.25) is 0 Å². The molecule has 1 saturated carbocycles. The van der Waals surface area contributed by atoms with Crippen LogP contribution >= 0.6 is 0 Å². The first kappa shape index (κ1) is 16.4. The molecule has 0 aromatic heterocycles. The average molecular weight is 292 g/mol. The molecule has 0 radical (unpaired) electrons. The van der Waals surface area contributed by atoms with Gasteiger partial charge in [0.15, 0.2) is 0 Å². The van der Waals surface area contributed by atoms with Crippen molar-refractivity contribution in [2.24, 2.45) is 5.92 Å². The van der Waals surface area contributed by atoms with E-state index in [2.05, 4.69) is 24.2 Å². The van der Waals surface area contributed by atoms with E-state index in [1.165, 1.54) is 37.8 Å². The van der Waals surface area contributed by atoms with E-state index < -0.39 is 0 Å². The van der Waals surface area contributed by atoms with Crippen LogP contribution in [0.1, 0.15) is 50.6 Å². The summed E-state index contributed by atoms with van der Waals surface area (Å²) in [7, 11) is 2.23. The molecule has 2 nitrogen and oxygen atoms in total. The summed E-state index contributed by atoms with van der Waals surface area (Å²) in [6.45, 7) is 5.38. The molecule has 0 amide bonds. The maximum atomic E-state index is 13.0. The lowest BCUT2D eigenvalue weighted by atomic mass is 10.0. The van der Waals surface area contributed by atoms with Crippen LogP contribution in [-0.4, -0.2) is 31.6 Å². The number of nitrogens with one attached hydrogen (secondary N) is 1. The standard InChI is InChI=1S/C18H29FN2/c1-3-20-18(16-8-10-17(19)11-9-16)12-13-21(2)14-15-6-4-5-7-15/h8-11,15,18,20H,3-7,12-14H2,1-2H3. The molecule has 0 aliphatic heterocycles. The largest absolute Gasteiger partial charge is 0.310 e. The number of hydrogen-bond acceptors (Lipinski definition) is 2. The van der Waals surface area contributed by atoms with E-state index in [1.54, 1.807) is 12.1 Å². The molecule has 1 aliphatic carbocycles. The van der Waals surface area contributed by atoms with Crippen molar-refractivity contribution in [2.75, 3.05) is 26.7 Å². The van der Waals surface area contributed by atoms with Crippen LogP contribution in [0.2, 0.25) is 0 Å². The van der Waals surface area contributed by atoms with Crippen molar-refractivity contribution in [3.8, 4) is 0 Å². The highest BCUT2D eigenvalue weighted by molar-refractivity contribution is 5.19. The van der Waals surface area contributed by atoms with Gasteiger partial charge in [0.1, 0.15) is 5.82 Å². The molecular formula is C18H29FN2. The fourth-order valence-electron chi connectivity index (χ4n) is 3.40. The third-order valence-corrected chi connectivity index (χ3v) is 4.57. The van der Waals surface area contributed by atoms with Crippen LogP contribution in [0.15, 0.2) is 24.3 Å². The fraction of sp³-hybridized carbons (Fsp3) is 0.667. The SMILES string of the molecule is CCNC(CCN(C)CC1CCCC1)c1ccc(F)cc1. The maximum absolute atomic E-state index is 13.0. The summed E-state index contributed by atoms with van der Waals surface area (Å²) in [6.07, 6.45) is 6.70. The number of benzene rings is 1. The highest BCUT2D eigenvalue weighted by Crippen LogP contribution is 2.25. The Morgan fingerprint density at radius 2 is 1.90 bits per heavy atom. The zero-order valence-corrected chi connectivity index (χ0v) is 13.4. The summed E-state index contributed by atoms with van der Waals surface area (Å²) in [5, 5.41) is 3.52. The Morgan fingerprint density at radius 3 is 2.52 bits per heavy atom. The van der Waals surface area contributed by atoms with E-state index in [9.17, 15) is 4.39 Å². The second kappa shape index (κ2) is 8.50. The van der Waals surface area contributed by atoms with Gasteiger partial charge in [0.05, 0.1) is 0 Å². The van der Waals surface area contributed by atoms with Crippen molar-refractivity contribution in [1.29, 1.82) is 0 Å². The van der Waals surface area contributed by atoms with Crippen molar-refractivity contribution in [3.63, 3.8) is 0 Å². The van der Waals surface area contributed by atoms with Crippen LogP contribution in [0, 0.1) is 11.7 Å². The molecular weight excluding hydrogens is 263 g/mol. The molecule has 1 aromatic rings. The zero-order valence-electron chi connectivity index (χ0n) is 13.4. The van der Waals surface area contributed by atoms with Crippen LogP contribution in [0.25, 0.3) is 0 Å². The first-order chi connectivity index (χ1) is 10.2. The molecule has 21 heavy (non-hydrogen) atoms. The summed E-state index contributed by atoms with van der Waals surface area (Å²) in [6, 6.07) is 7.24. The lowest BCUT2D eigenvalue weighted by molar-refractivity contribution is 0.263. The first-order valence-electron chi connectivity index (χ1n) is 8.36. The third kappa shape index (κ3) is 5.40. The van der Waals surface area contributed by atoms with E-state index in [4.69, 9.17) is 0 Å². The predicted molar refractivity (Wildman–Crippen MR) is 86.9 cm³/mol. The van der Waals surface area contributed by atoms with Gasteiger partial charge in [-0.1, -0.05) is 31.9 Å². The topological polar surface area (TPSA) is 15.3 Å². The van der Waals surface area contributed by atoms with Crippen LogP contribution < -0.4 is 5.32 Å². The number of rotatable bonds is 8. The maximum Gasteiger partial charge on any atom is 0.123 e. The van der Waals surface area contributed by atoms with Crippen LogP contribution in [0.3, 0.4) is 0 Å². The third-order valence-electron chi connectivity index (χ3n) is 4.57. The van der Waals surface area contributed by atoms with Crippen molar-refractivity contribution in [1.82, 2.24) is 10.2 Å². The minimum absolute atomic E-state index is 0.160. The first-order valence-corrected chi connectivity index (χ1v) is 8.36. The van der Waals surface area contributed by atoms with Gasteiger partial charge >= 0.3 is 0 Å². The molecule has 0 spiro atoms. The quantitative estimate of drug-likeness (QED) is 0.779. The summed E-state index contributed by atoms with van der Waals surface area (Å²) in [5.74, 6) is 0.741. The predicted octanol–water partition coefficient (Wildman–Crippen LogP) is 3.99. The van der Waals surface area contributed by atoms with Crippen LogP contribution in [-0.2, 0) is 0 Å². The summed E-state index contributed by atoms with van der Waals surface area (Å²) < 4.78 is 13.0. The summed E-state index contributed by atoms with van der Waals surface area (Å²) in [4.78, 5) is 2.46. The average Bonchev–Trinajstić information content (AvgIpc) is 2.97. The second-order valence-electron chi connectivity index (χ2n) is 6.36. The van der Waals surface area contributed by atoms with E-state index in [0.29, 0.717) is 6.04 Å². The van der Waals surface area contributed by atoms with E-state index in [-0.39, 0.29) is 5.82 Å². The van der Waals surface area contributed by atoms with Gasteiger partial charge in [0.2, 0.25) is 0 Å². The molecule has 3 heteroatoms. The molecule has 0 bridgehead atoms. The smallest absolute Gasteiger partial charge is 0.123 e. The minimum Gasteiger partial charge on any atom is -0.310 e. The van der Waals surface area contributed by atoms with E-state index in [0.717, 1.165) is 25.4 Å². The number of nitrogens with zero attached hydrogens (tertiary/aromatic N) is 1. The molecule has 1 atom stereocenters. The van der Waals surface area contributed by atoms with Crippen molar-refractivity contribution < 1.29 is 4.39 Å². The van der Waals surface area contributed by atoms with Crippen LogP contribution in [0.5, 0.6) is 0 Å². The Balaban J connectivity index is 1.82. The lowest BCUT2D eigenvalue weighted by Gasteiger charge is -2.24. The van der Waals surface area contributed by atoms with Gasteiger partial charge in [-0.25, -0.2) is 4.39 Å². The Hall–Kier alpha value is -0.930. The highest BCUT2D eigenvalue weighted by atomic mass is 19.1. The molecule has 118 valence electrons. The number of halogens is 1. The highest BCUT2D eigenvalue weighted by Gasteiger charge is 2.17. The Bertz CT molecular complexity index is 398. The molecule has 0 heterocycles. The Kier molecular flexibility index (Phi) is 6.65. The van der Waals surface area contributed by atoms with Crippen LogP contribution in [0.4, 0.5) is 4.39 Å². The van der Waals surface area contributed by atoms with Crippen molar-refractivity contribution in [3.05, 3.63) is 35.6 Å². The van der Waals surface area contributed by atoms with Gasteiger partial charge < -0.3 is 10.2 Å². The normalized spacial score (nSPS) is 17.5. The van der Waals surface area contributed by atoms with Gasteiger partial charge in [0, 0.05) is 12.6 Å².